The Kier molecular flexibility index (Phi) is 7.89. The molecule has 0 spiro atoms. The van der Waals surface area contributed by atoms with E-state index in [9.17, 15) is 4.79 Å². The second kappa shape index (κ2) is 10.9. The maximum atomic E-state index is 15.4. The summed E-state index contributed by atoms with van der Waals surface area (Å²) >= 11 is 12.2. The van der Waals surface area contributed by atoms with Gasteiger partial charge >= 0.3 is 6.03 Å². The van der Waals surface area contributed by atoms with E-state index in [-0.39, 0.29) is 51.5 Å². The van der Waals surface area contributed by atoms with Crippen molar-refractivity contribution in [2.45, 2.75) is 6.92 Å². The number of urea groups is 1. The molecule has 2 heterocycles. The Morgan fingerprint density at radius 2 is 1.69 bits per heavy atom. The highest BCUT2D eigenvalue weighted by atomic mass is 35.5. The van der Waals surface area contributed by atoms with Gasteiger partial charge in [0.05, 0.1) is 17.3 Å². The number of rotatable bonds is 8. The summed E-state index contributed by atoms with van der Waals surface area (Å²) < 4.78 is 46.2. The van der Waals surface area contributed by atoms with Crippen molar-refractivity contribution in [3.05, 3.63) is 64.0 Å². The summed E-state index contributed by atoms with van der Waals surface area (Å²) in [4.78, 5) is 19.9. The summed E-state index contributed by atoms with van der Waals surface area (Å²) in [6.07, 6.45) is 1.30. The van der Waals surface area contributed by atoms with Gasteiger partial charge in [0.15, 0.2) is 11.6 Å². The Labute approximate surface area is 215 Å². The van der Waals surface area contributed by atoms with E-state index in [1.165, 1.54) is 23.2 Å². The van der Waals surface area contributed by atoms with Crippen LogP contribution in [-0.2, 0) is 0 Å². The second-order valence-electron chi connectivity index (χ2n) is 7.86. The lowest BCUT2D eigenvalue weighted by atomic mass is 10.0. The predicted molar refractivity (Wildman–Crippen MR) is 135 cm³/mol. The largest absolute Gasteiger partial charge is 0.395 e. The van der Waals surface area contributed by atoms with Crippen LogP contribution in [0.15, 0.2) is 36.5 Å². The first-order valence-electron chi connectivity index (χ1n) is 11.1. The van der Waals surface area contributed by atoms with E-state index in [1.54, 1.807) is 6.92 Å². The summed E-state index contributed by atoms with van der Waals surface area (Å²) in [5.41, 5.74) is -0.644. The zero-order valence-corrected chi connectivity index (χ0v) is 20.6. The van der Waals surface area contributed by atoms with E-state index in [2.05, 4.69) is 15.6 Å². The number of hydrogen-bond donors (Lipinski definition) is 3. The van der Waals surface area contributed by atoms with Crippen molar-refractivity contribution in [2.24, 2.45) is 0 Å². The van der Waals surface area contributed by atoms with Gasteiger partial charge in [0.25, 0.3) is 0 Å². The minimum atomic E-state index is -1.05. The van der Waals surface area contributed by atoms with Crippen molar-refractivity contribution in [2.75, 3.05) is 47.9 Å². The summed E-state index contributed by atoms with van der Waals surface area (Å²) in [5, 5.41) is 14.7. The first-order valence-corrected chi connectivity index (χ1v) is 11.8. The predicted octanol–water partition coefficient (Wildman–Crippen LogP) is 5.56. The van der Waals surface area contributed by atoms with Crippen LogP contribution in [0.3, 0.4) is 0 Å². The molecule has 190 valence electrons. The van der Waals surface area contributed by atoms with Gasteiger partial charge in [-0.05, 0) is 37.3 Å². The van der Waals surface area contributed by atoms with Gasteiger partial charge in [-0.3, -0.25) is 9.80 Å². The van der Waals surface area contributed by atoms with Gasteiger partial charge in [-0.1, -0.05) is 23.2 Å². The summed E-state index contributed by atoms with van der Waals surface area (Å²) in [6, 6.07) is 4.98. The third kappa shape index (κ3) is 4.94. The van der Waals surface area contributed by atoms with Crippen molar-refractivity contribution in [3.8, 4) is 11.1 Å². The molecule has 1 aliphatic heterocycles. The fourth-order valence-electron chi connectivity index (χ4n) is 4.03. The van der Waals surface area contributed by atoms with Crippen molar-refractivity contribution in [1.29, 1.82) is 0 Å². The van der Waals surface area contributed by atoms with E-state index in [0.29, 0.717) is 19.6 Å². The molecule has 2 amide bonds. The number of aromatic nitrogens is 1. The van der Waals surface area contributed by atoms with E-state index in [4.69, 9.17) is 28.3 Å². The average molecular weight is 540 g/mol. The van der Waals surface area contributed by atoms with Crippen LogP contribution in [0.4, 0.5) is 40.8 Å². The Morgan fingerprint density at radius 3 is 2.36 bits per heavy atom. The van der Waals surface area contributed by atoms with Crippen LogP contribution < -0.4 is 20.4 Å². The SMILES string of the molecule is CCN1C(=O)N(c2c(F)cc(NCCNCCO)cc2F)c2cc(Cl)cc(F)c2-c2cc(Cl)cnc21. The first kappa shape index (κ1) is 26.0. The van der Waals surface area contributed by atoms with Crippen LogP contribution in [-0.4, -0.2) is 48.9 Å². The van der Waals surface area contributed by atoms with Crippen molar-refractivity contribution >= 4 is 52.1 Å². The fourth-order valence-corrected chi connectivity index (χ4v) is 4.39. The molecule has 0 fully saturated rings. The number of carbonyl (C=O) groups is 1. The molecule has 3 aromatic rings. The second-order valence-corrected chi connectivity index (χ2v) is 8.73. The van der Waals surface area contributed by atoms with E-state index in [0.717, 1.165) is 23.1 Å². The minimum absolute atomic E-state index is 0.0335. The summed E-state index contributed by atoms with van der Waals surface area (Å²) in [6.45, 7) is 2.85. The highest BCUT2D eigenvalue weighted by Crippen LogP contribution is 2.47. The van der Waals surface area contributed by atoms with E-state index in [1.807, 2.05) is 0 Å². The Bertz CT molecular complexity index is 1290. The van der Waals surface area contributed by atoms with Gasteiger partial charge in [0.1, 0.15) is 17.3 Å². The topological polar surface area (TPSA) is 80.7 Å². The number of anilines is 4. The Balaban J connectivity index is 1.86. The van der Waals surface area contributed by atoms with Crippen LogP contribution >= 0.6 is 23.2 Å². The molecule has 0 aliphatic carbocycles. The molecular formula is C24H22Cl2F3N5O2. The monoisotopic (exact) mass is 539 g/mol. The number of nitrogens with zero attached hydrogens (tertiary/aromatic N) is 3. The smallest absolute Gasteiger partial charge is 0.334 e. The van der Waals surface area contributed by atoms with Gasteiger partial charge in [-0.2, -0.15) is 0 Å². The number of pyridine rings is 1. The molecule has 0 saturated heterocycles. The van der Waals surface area contributed by atoms with Crippen LogP contribution in [0.5, 0.6) is 0 Å². The number of carbonyl (C=O) groups excluding carboxylic acids is 1. The van der Waals surface area contributed by atoms with Crippen molar-refractivity contribution < 1.29 is 23.1 Å². The Hall–Kier alpha value is -3.05. The molecule has 0 unspecified atom stereocenters. The molecule has 1 aliphatic rings. The van der Waals surface area contributed by atoms with E-state index >= 15 is 13.2 Å². The number of amides is 2. The first-order chi connectivity index (χ1) is 17.3. The van der Waals surface area contributed by atoms with Gasteiger partial charge < -0.3 is 15.7 Å². The molecule has 2 aromatic carbocycles. The molecule has 1 aromatic heterocycles. The quantitative estimate of drug-likeness (QED) is 0.326. The number of aliphatic hydroxyl groups excluding tert-OH is 1. The lowest BCUT2D eigenvalue weighted by Gasteiger charge is -2.28. The lowest BCUT2D eigenvalue weighted by Crippen LogP contribution is -2.41. The van der Waals surface area contributed by atoms with Gasteiger partial charge in [0.2, 0.25) is 0 Å². The molecule has 0 bridgehead atoms. The third-order valence-corrected chi connectivity index (χ3v) is 5.96. The van der Waals surface area contributed by atoms with Crippen molar-refractivity contribution in [1.82, 2.24) is 10.3 Å². The zero-order valence-electron chi connectivity index (χ0n) is 19.1. The minimum Gasteiger partial charge on any atom is -0.395 e. The average Bonchev–Trinajstić information content (AvgIpc) is 2.91. The highest BCUT2D eigenvalue weighted by molar-refractivity contribution is 6.32. The van der Waals surface area contributed by atoms with Gasteiger partial charge in [0, 0.05) is 54.2 Å². The molecule has 3 N–H and O–H groups in total. The summed E-state index contributed by atoms with van der Waals surface area (Å²) in [7, 11) is 0. The maximum absolute atomic E-state index is 15.4. The number of nitrogens with one attached hydrogen (secondary N) is 2. The molecule has 0 radical (unpaired) electrons. The molecule has 12 heteroatoms. The number of benzene rings is 2. The number of fused-ring (bicyclic) bond motifs is 3. The zero-order chi connectivity index (χ0) is 26.0. The number of halogens is 5. The van der Waals surface area contributed by atoms with Crippen LogP contribution in [0.2, 0.25) is 10.0 Å². The van der Waals surface area contributed by atoms with Crippen LogP contribution in [0.1, 0.15) is 6.92 Å². The maximum Gasteiger partial charge on any atom is 0.334 e. The van der Waals surface area contributed by atoms with Gasteiger partial charge in [-0.15, -0.1) is 0 Å². The molecular weight excluding hydrogens is 518 g/mol. The molecule has 0 saturated carbocycles. The third-order valence-electron chi connectivity index (χ3n) is 5.53. The van der Waals surface area contributed by atoms with Crippen LogP contribution in [0, 0.1) is 17.5 Å². The lowest BCUT2D eigenvalue weighted by molar-refractivity contribution is 0.253. The Morgan fingerprint density at radius 1 is 0.972 bits per heavy atom. The molecule has 7 nitrogen and oxygen atoms in total. The molecule has 0 atom stereocenters. The standard InChI is InChI=1S/C24H22Cl2F3N5O2/c1-2-33-23-16(7-14(26)12-32-23)21-17(27)8-13(25)9-20(21)34(24(33)36)22-18(28)10-15(11-19(22)29)31-4-3-30-5-6-35/h7-12,30-31,35H,2-6H2,1H3. The van der Waals surface area contributed by atoms with Crippen LogP contribution in [0.25, 0.3) is 11.1 Å². The molecule has 36 heavy (non-hydrogen) atoms. The number of aliphatic hydroxyl groups is 1. The van der Waals surface area contributed by atoms with Crippen molar-refractivity contribution in [3.63, 3.8) is 0 Å². The van der Waals surface area contributed by atoms with Gasteiger partial charge in [-0.25, -0.2) is 22.9 Å². The normalized spacial score (nSPS) is 12.9. The number of hydrogen-bond acceptors (Lipinski definition) is 5. The van der Waals surface area contributed by atoms with E-state index < -0.39 is 29.2 Å². The summed E-state index contributed by atoms with van der Waals surface area (Å²) in [5.74, 6) is -2.82. The molecule has 4 rings (SSSR count). The fraction of sp³-hybridized carbons (Fsp3) is 0.250. The highest BCUT2D eigenvalue weighted by Gasteiger charge is 2.37.